The van der Waals surface area contributed by atoms with Crippen LogP contribution < -0.4 is 14.2 Å². The van der Waals surface area contributed by atoms with Crippen LogP contribution in [0, 0.1) is 0 Å². The molecule has 0 saturated heterocycles. The zero-order valence-corrected chi connectivity index (χ0v) is 21.5. The fraction of sp³-hybridized carbons (Fsp3) is 0.138. The third-order valence-corrected chi connectivity index (χ3v) is 6.99. The Bertz CT molecular complexity index is 1720. The van der Waals surface area contributed by atoms with E-state index in [1.165, 1.54) is 11.3 Å². The molecule has 0 bridgehead atoms. The molecule has 3 heterocycles. The first-order chi connectivity index (χ1) is 18.6. The maximum absolute atomic E-state index is 12.6. The van der Waals surface area contributed by atoms with Gasteiger partial charge in [-0.25, -0.2) is 9.50 Å². The molecular weight excluding hydrogens is 502 g/mol. The second-order valence-corrected chi connectivity index (χ2v) is 9.57. The van der Waals surface area contributed by atoms with Crippen molar-refractivity contribution < 1.29 is 23.4 Å². The molecule has 190 valence electrons. The maximum Gasteiger partial charge on any atom is 0.294 e. The fourth-order valence-electron chi connectivity index (χ4n) is 4.23. The highest BCUT2D eigenvalue weighted by Gasteiger charge is 2.17. The minimum absolute atomic E-state index is 0.0805. The van der Waals surface area contributed by atoms with E-state index in [9.17, 15) is 4.79 Å². The summed E-state index contributed by atoms with van der Waals surface area (Å²) in [5.41, 5.74) is 3.88. The largest absolute Gasteiger partial charge is 0.496 e. The van der Waals surface area contributed by atoms with Crippen LogP contribution in [0.15, 0.2) is 83.4 Å². The van der Waals surface area contributed by atoms with Crippen LogP contribution in [0.4, 0.5) is 0 Å². The Labute approximate surface area is 222 Å². The molecule has 3 aromatic carbocycles. The van der Waals surface area contributed by atoms with Crippen molar-refractivity contribution in [3.05, 3.63) is 95.7 Å². The Hall–Kier alpha value is -4.63. The van der Waals surface area contributed by atoms with Gasteiger partial charge in [0.1, 0.15) is 29.4 Å². The molecule has 0 saturated carbocycles. The van der Waals surface area contributed by atoms with Crippen molar-refractivity contribution in [2.45, 2.75) is 13.0 Å². The topological polar surface area (TPSA) is 88.1 Å². The number of hydrogen-bond donors (Lipinski definition) is 0. The van der Waals surface area contributed by atoms with E-state index in [2.05, 4.69) is 10.1 Å². The lowest BCUT2D eigenvalue weighted by atomic mass is 10.0. The van der Waals surface area contributed by atoms with E-state index in [1.54, 1.807) is 24.9 Å². The number of hydrogen-bond acceptors (Lipinski definition) is 8. The van der Waals surface area contributed by atoms with Gasteiger partial charge in [0, 0.05) is 24.1 Å². The van der Waals surface area contributed by atoms with Gasteiger partial charge in [0.2, 0.25) is 4.96 Å². The van der Waals surface area contributed by atoms with Crippen molar-refractivity contribution in [3.63, 3.8) is 0 Å². The predicted molar refractivity (Wildman–Crippen MR) is 144 cm³/mol. The molecule has 6 aromatic rings. The number of nitrogens with zero attached hydrogens (tertiary/aromatic N) is 3. The highest BCUT2D eigenvalue weighted by Crippen LogP contribution is 2.37. The molecule has 9 heteroatoms. The summed E-state index contributed by atoms with van der Waals surface area (Å²) < 4.78 is 24.7. The molecule has 3 aromatic heterocycles. The van der Waals surface area contributed by atoms with E-state index in [0.717, 1.165) is 16.5 Å². The Morgan fingerprint density at radius 2 is 1.82 bits per heavy atom. The summed E-state index contributed by atoms with van der Waals surface area (Å²) in [4.78, 5) is 18.0. The third-order valence-electron chi connectivity index (χ3n) is 6.11. The van der Waals surface area contributed by atoms with E-state index in [0.29, 0.717) is 57.3 Å². The number of ether oxygens (including phenoxy) is 3. The van der Waals surface area contributed by atoms with Gasteiger partial charge in [-0.1, -0.05) is 54.6 Å². The number of carbonyl (C=O) groups excluding carboxylic acids is 1. The number of rotatable bonds is 9. The first-order valence-corrected chi connectivity index (χ1v) is 12.7. The van der Waals surface area contributed by atoms with Crippen LogP contribution in [0.5, 0.6) is 16.7 Å². The lowest BCUT2D eigenvalue weighted by Crippen LogP contribution is -2.04. The van der Waals surface area contributed by atoms with E-state index in [-0.39, 0.29) is 5.78 Å². The van der Waals surface area contributed by atoms with Gasteiger partial charge >= 0.3 is 0 Å². The molecule has 6 rings (SSSR count). The van der Waals surface area contributed by atoms with E-state index >= 15 is 0 Å². The summed E-state index contributed by atoms with van der Waals surface area (Å²) >= 11 is 1.35. The molecule has 0 aliphatic heterocycles. The van der Waals surface area contributed by atoms with E-state index in [1.807, 2.05) is 72.8 Å². The molecule has 38 heavy (non-hydrogen) atoms. The standard InChI is InChI=1S/C29H23N3O5S/c1-34-21-13-25(36-17-19-8-6-7-18(11-19)12-24(33)20-9-4-3-5-10-20)22-15-27(37-26(22)14-21)23-16-32-28(30-23)38-29(31-32)35-2/h3-11,13-16H,12,17H2,1-2H3. The Kier molecular flexibility index (Phi) is 6.27. The van der Waals surface area contributed by atoms with E-state index in [4.69, 9.17) is 18.6 Å². The second kappa shape index (κ2) is 10.0. The summed E-state index contributed by atoms with van der Waals surface area (Å²) in [6.07, 6.45) is 2.13. The Morgan fingerprint density at radius 3 is 2.61 bits per heavy atom. The maximum atomic E-state index is 12.6. The molecule has 0 radical (unpaired) electrons. The Morgan fingerprint density at radius 1 is 0.974 bits per heavy atom. The molecule has 0 aliphatic rings. The molecule has 0 atom stereocenters. The molecule has 8 nitrogen and oxygen atoms in total. The number of imidazole rings is 1. The van der Waals surface area contributed by atoms with Crippen molar-refractivity contribution in [2.24, 2.45) is 0 Å². The average molecular weight is 526 g/mol. The summed E-state index contributed by atoms with van der Waals surface area (Å²) in [6, 6.07) is 22.8. The van der Waals surface area contributed by atoms with Crippen LogP contribution in [-0.4, -0.2) is 34.6 Å². The molecule has 0 spiro atoms. The third kappa shape index (κ3) is 4.71. The van der Waals surface area contributed by atoms with Gasteiger partial charge in [-0.2, -0.15) is 0 Å². The lowest BCUT2D eigenvalue weighted by molar-refractivity contribution is 0.0993. The van der Waals surface area contributed by atoms with Crippen molar-refractivity contribution in [3.8, 4) is 28.1 Å². The summed E-state index contributed by atoms with van der Waals surface area (Å²) in [5, 5.41) is 5.67. The van der Waals surface area contributed by atoms with Gasteiger partial charge < -0.3 is 18.6 Å². The van der Waals surface area contributed by atoms with Crippen molar-refractivity contribution in [1.29, 1.82) is 0 Å². The first kappa shape index (κ1) is 23.7. The van der Waals surface area contributed by atoms with Crippen LogP contribution in [-0.2, 0) is 13.0 Å². The molecule has 0 N–H and O–H groups in total. The molecule has 0 fully saturated rings. The van der Waals surface area contributed by atoms with Gasteiger partial charge in [-0.3, -0.25) is 4.79 Å². The first-order valence-electron chi connectivity index (χ1n) is 11.9. The van der Waals surface area contributed by atoms with Crippen LogP contribution >= 0.6 is 11.3 Å². The van der Waals surface area contributed by atoms with Gasteiger partial charge in [0.15, 0.2) is 11.5 Å². The number of furan rings is 1. The number of Topliss-reactive ketones (excluding diaryl/α,β-unsaturated/α-hetero) is 1. The number of carbonyl (C=O) groups is 1. The van der Waals surface area contributed by atoms with Gasteiger partial charge in [0.05, 0.1) is 25.8 Å². The minimum atomic E-state index is 0.0805. The lowest BCUT2D eigenvalue weighted by Gasteiger charge is -2.10. The van der Waals surface area contributed by atoms with Crippen molar-refractivity contribution >= 4 is 33.1 Å². The average Bonchev–Trinajstić information content (AvgIpc) is 3.65. The van der Waals surface area contributed by atoms with Gasteiger partial charge in [-0.05, 0) is 28.5 Å². The van der Waals surface area contributed by atoms with Gasteiger partial charge in [0.25, 0.3) is 5.19 Å². The summed E-state index contributed by atoms with van der Waals surface area (Å²) in [6.45, 7) is 0.320. The molecule has 0 amide bonds. The van der Waals surface area contributed by atoms with Gasteiger partial charge in [-0.15, -0.1) is 5.10 Å². The quantitative estimate of drug-likeness (QED) is 0.207. The van der Waals surface area contributed by atoms with Crippen LogP contribution in [0.2, 0.25) is 0 Å². The van der Waals surface area contributed by atoms with Crippen LogP contribution in [0.25, 0.3) is 27.4 Å². The minimum Gasteiger partial charge on any atom is -0.496 e. The molecular formula is C29H23N3O5S. The van der Waals surface area contributed by atoms with Crippen LogP contribution in [0.1, 0.15) is 21.5 Å². The molecule has 0 unspecified atom stereocenters. The SMILES string of the molecule is COc1cc(OCc2cccc(CC(=O)c3ccccc3)c2)c2cc(-c3cn4nc(OC)sc4n3)oc2c1. The molecule has 0 aliphatic carbocycles. The number of methoxy groups -OCH3 is 2. The number of fused-ring (bicyclic) bond motifs is 2. The smallest absolute Gasteiger partial charge is 0.294 e. The van der Waals surface area contributed by atoms with Crippen molar-refractivity contribution in [2.75, 3.05) is 14.2 Å². The zero-order valence-electron chi connectivity index (χ0n) is 20.7. The van der Waals surface area contributed by atoms with Crippen LogP contribution in [0.3, 0.4) is 0 Å². The normalized spacial score (nSPS) is 11.2. The van der Waals surface area contributed by atoms with Crippen molar-refractivity contribution in [1.82, 2.24) is 14.6 Å². The monoisotopic (exact) mass is 525 g/mol. The summed E-state index contributed by atoms with van der Waals surface area (Å²) in [7, 11) is 3.18. The number of ketones is 1. The number of benzene rings is 3. The summed E-state index contributed by atoms with van der Waals surface area (Å²) in [5.74, 6) is 1.92. The Balaban J connectivity index is 1.24. The highest BCUT2D eigenvalue weighted by atomic mass is 32.1. The highest BCUT2D eigenvalue weighted by molar-refractivity contribution is 7.18. The predicted octanol–water partition coefficient (Wildman–Crippen LogP) is 6.23. The zero-order chi connectivity index (χ0) is 26.1. The van der Waals surface area contributed by atoms with E-state index < -0.39 is 0 Å². The number of aromatic nitrogens is 3. The fourth-order valence-corrected chi connectivity index (χ4v) is 4.93. The second-order valence-electron chi connectivity index (χ2n) is 8.65.